The minimum atomic E-state index is -0.330. The van der Waals surface area contributed by atoms with Gasteiger partial charge in [0.15, 0.2) is 0 Å². The topological polar surface area (TPSA) is 78.4 Å². The standard InChI is InChI=1S/C17H18N2O3/c20-11-10-18-16(21)12-19-17(22)15-8-6-14(7-9-15)13-4-2-1-3-5-13/h1-9,20H,10-12H2,(H,18,21)(H,19,22). The number of hydrogen-bond donors (Lipinski definition) is 3. The first-order valence-corrected chi connectivity index (χ1v) is 7.02. The molecule has 0 aliphatic heterocycles. The van der Waals surface area contributed by atoms with Crippen molar-refractivity contribution in [2.45, 2.75) is 0 Å². The van der Waals surface area contributed by atoms with Gasteiger partial charge in [-0.1, -0.05) is 42.5 Å². The third-order valence-corrected chi connectivity index (χ3v) is 3.10. The van der Waals surface area contributed by atoms with Gasteiger partial charge in [0.2, 0.25) is 5.91 Å². The molecule has 2 rings (SSSR count). The van der Waals surface area contributed by atoms with E-state index in [2.05, 4.69) is 10.6 Å². The van der Waals surface area contributed by atoms with Crippen LogP contribution in [0.4, 0.5) is 0 Å². The smallest absolute Gasteiger partial charge is 0.251 e. The lowest BCUT2D eigenvalue weighted by Crippen LogP contribution is -2.37. The van der Waals surface area contributed by atoms with Gasteiger partial charge in [-0.05, 0) is 23.3 Å². The van der Waals surface area contributed by atoms with Crippen LogP contribution in [0.25, 0.3) is 11.1 Å². The Morgan fingerprint density at radius 3 is 2.14 bits per heavy atom. The van der Waals surface area contributed by atoms with Crippen molar-refractivity contribution in [3.05, 3.63) is 60.2 Å². The van der Waals surface area contributed by atoms with Gasteiger partial charge in [0, 0.05) is 12.1 Å². The Balaban J connectivity index is 1.93. The second kappa shape index (κ2) is 7.95. The fourth-order valence-electron chi connectivity index (χ4n) is 1.97. The highest BCUT2D eigenvalue weighted by Gasteiger charge is 2.08. The van der Waals surface area contributed by atoms with Crippen molar-refractivity contribution in [3.63, 3.8) is 0 Å². The van der Waals surface area contributed by atoms with E-state index in [1.54, 1.807) is 12.1 Å². The lowest BCUT2D eigenvalue weighted by atomic mass is 10.0. The van der Waals surface area contributed by atoms with Crippen molar-refractivity contribution < 1.29 is 14.7 Å². The van der Waals surface area contributed by atoms with E-state index < -0.39 is 0 Å². The Labute approximate surface area is 129 Å². The molecule has 0 aliphatic rings. The van der Waals surface area contributed by atoms with Crippen LogP contribution in [0.5, 0.6) is 0 Å². The molecule has 5 heteroatoms. The molecule has 0 saturated carbocycles. The SMILES string of the molecule is O=C(CNC(=O)c1ccc(-c2ccccc2)cc1)NCCO. The predicted octanol–water partition coefficient (Wildman–Crippen LogP) is 1.19. The molecule has 0 saturated heterocycles. The molecule has 22 heavy (non-hydrogen) atoms. The predicted molar refractivity (Wildman–Crippen MR) is 84.3 cm³/mol. The van der Waals surface area contributed by atoms with Crippen LogP contribution in [0.15, 0.2) is 54.6 Å². The normalized spacial score (nSPS) is 10.0. The molecule has 0 bridgehead atoms. The van der Waals surface area contributed by atoms with E-state index in [1.165, 1.54) is 0 Å². The molecule has 0 spiro atoms. The molecule has 0 aromatic heterocycles. The van der Waals surface area contributed by atoms with Crippen molar-refractivity contribution in [1.82, 2.24) is 10.6 Å². The van der Waals surface area contributed by atoms with Crippen molar-refractivity contribution in [2.24, 2.45) is 0 Å². The summed E-state index contributed by atoms with van der Waals surface area (Å²) >= 11 is 0. The van der Waals surface area contributed by atoms with E-state index in [0.29, 0.717) is 5.56 Å². The van der Waals surface area contributed by atoms with Crippen molar-refractivity contribution in [2.75, 3.05) is 19.7 Å². The van der Waals surface area contributed by atoms with Crippen LogP contribution in [0.2, 0.25) is 0 Å². The monoisotopic (exact) mass is 298 g/mol. The number of carbonyl (C=O) groups is 2. The Morgan fingerprint density at radius 2 is 1.50 bits per heavy atom. The lowest BCUT2D eigenvalue weighted by Gasteiger charge is -2.07. The van der Waals surface area contributed by atoms with Gasteiger partial charge in [-0.3, -0.25) is 9.59 Å². The Morgan fingerprint density at radius 1 is 0.864 bits per heavy atom. The van der Waals surface area contributed by atoms with Crippen LogP contribution < -0.4 is 10.6 Å². The molecule has 0 radical (unpaired) electrons. The zero-order chi connectivity index (χ0) is 15.8. The van der Waals surface area contributed by atoms with Gasteiger partial charge in [0.25, 0.3) is 5.91 Å². The maximum absolute atomic E-state index is 11.9. The molecule has 2 aromatic rings. The molecule has 0 atom stereocenters. The molecule has 114 valence electrons. The van der Waals surface area contributed by atoms with Crippen molar-refractivity contribution in [3.8, 4) is 11.1 Å². The van der Waals surface area contributed by atoms with Crippen LogP contribution in [0.1, 0.15) is 10.4 Å². The molecular weight excluding hydrogens is 280 g/mol. The molecule has 0 fully saturated rings. The van der Waals surface area contributed by atoms with Gasteiger partial charge >= 0.3 is 0 Å². The molecule has 3 N–H and O–H groups in total. The number of aliphatic hydroxyl groups is 1. The third kappa shape index (κ3) is 4.43. The molecule has 2 amide bonds. The van der Waals surface area contributed by atoms with E-state index >= 15 is 0 Å². The number of amides is 2. The van der Waals surface area contributed by atoms with Crippen LogP contribution in [-0.2, 0) is 4.79 Å². The highest BCUT2D eigenvalue weighted by molar-refractivity contribution is 5.96. The van der Waals surface area contributed by atoms with E-state index in [-0.39, 0.29) is 31.5 Å². The van der Waals surface area contributed by atoms with Gasteiger partial charge in [0.1, 0.15) is 0 Å². The summed E-state index contributed by atoms with van der Waals surface area (Å²) in [7, 11) is 0. The lowest BCUT2D eigenvalue weighted by molar-refractivity contribution is -0.120. The summed E-state index contributed by atoms with van der Waals surface area (Å²) in [6.45, 7) is -0.0552. The van der Waals surface area contributed by atoms with E-state index in [1.807, 2.05) is 42.5 Å². The third-order valence-electron chi connectivity index (χ3n) is 3.10. The molecule has 0 heterocycles. The average Bonchev–Trinajstić information content (AvgIpc) is 2.58. The van der Waals surface area contributed by atoms with Crippen LogP contribution in [0.3, 0.4) is 0 Å². The fraction of sp³-hybridized carbons (Fsp3) is 0.176. The summed E-state index contributed by atoms with van der Waals surface area (Å²) in [6.07, 6.45) is 0. The summed E-state index contributed by atoms with van der Waals surface area (Å²) in [5.41, 5.74) is 2.60. The highest BCUT2D eigenvalue weighted by atomic mass is 16.3. The Kier molecular flexibility index (Phi) is 5.68. The summed E-state index contributed by atoms with van der Waals surface area (Å²) in [6, 6.07) is 17.1. The van der Waals surface area contributed by atoms with Gasteiger partial charge in [-0.2, -0.15) is 0 Å². The zero-order valence-corrected chi connectivity index (χ0v) is 12.1. The van der Waals surface area contributed by atoms with Gasteiger partial charge in [0.05, 0.1) is 13.2 Å². The fourth-order valence-corrected chi connectivity index (χ4v) is 1.97. The highest BCUT2D eigenvalue weighted by Crippen LogP contribution is 2.19. The average molecular weight is 298 g/mol. The van der Waals surface area contributed by atoms with E-state index in [4.69, 9.17) is 5.11 Å². The first-order chi connectivity index (χ1) is 10.7. The minimum absolute atomic E-state index is 0.112. The van der Waals surface area contributed by atoms with Crippen LogP contribution >= 0.6 is 0 Å². The molecule has 2 aromatic carbocycles. The number of aliphatic hydroxyl groups excluding tert-OH is 1. The number of carbonyl (C=O) groups excluding carboxylic acids is 2. The van der Waals surface area contributed by atoms with E-state index in [0.717, 1.165) is 11.1 Å². The maximum atomic E-state index is 11.9. The number of hydrogen-bond acceptors (Lipinski definition) is 3. The maximum Gasteiger partial charge on any atom is 0.251 e. The minimum Gasteiger partial charge on any atom is -0.395 e. The molecule has 0 unspecified atom stereocenters. The van der Waals surface area contributed by atoms with Gasteiger partial charge in [-0.25, -0.2) is 0 Å². The second-order valence-electron chi connectivity index (χ2n) is 4.70. The largest absolute Gasteiger partial charge is 0.395 e. The van der Waals surface area contributed by atoms with Gasteiger partial charge < -0.3 is 15.7 Å². The Hall–Kier alpha value is -2.66. The summed E-state index contributed by atoms with van der Waals surface area (Å²) in [5, 5.41) is 13.6. The number of benzene rings is 2. The molecule has 5 nitrogen and oxygen atoms in total. The van der Waals surface area contributed by atoms with Crippen LogP contribution in [0, 0.1) is 0 Å². The van der Waals surface area contributed by atoms with Gasteiger partial charge in [-0.15, -0.1) is 0 Å². The Bertz CT molecular complexity index is 624. The summed E-state index contributed by atoms with van der Waals surface area (Å²) < 4.78 is 0. The summed E-state index contributed by atoms with van der Waals surface area (Å²) in [4.78, 5) is 23.3. The van der Waals surface area contributed by atoms with Crippen molar-refractivity contribution >= 4 is 11.8 Å². The first kappa shape index (κ1) is 15.7. The van der Waals surface area contributed by atoms with Crippen molar-refractivity contribution in [1.29, 1.82) is 0 Å². The molecular formula is C17H18N2O3. The zero-order valence-electron chi connectivity index (χ0n) is 12.1. The van der Waals surface area contributed by atoms with Crippen LogP contribution in [-0.4, -0.2) is 36.6 Å². The first-order valence-electron chi connectivity index (χ1n) is 7.02. The second-order valence-corrected chi connectivity index (χ2v) is 4.70. The van der Waals surface area contributed by atoms with E-state index in [9.17, 15) is 9.59 Å². The number of nitrogens with one attached hydrogen (secondary N) is 2. The quantitative estimate of drug-likeness (QED) is 0.749. The molecule has 0 aliphatic carbocycles. The number of rotatable bonds is 6. The summed E-state index contributed by atoms with van der Waals surface area (Å²) in [5.74, 6) is -0.637.